The molecule has 0 aliphatic carbocycles. The molecule has 0 spiro atoms. The molecule has 0 saturated carbocycles. The first-order valence-corrected chi connectivity index (χ1v) is 28.9. The number of allylic oxidation sites excluding steroid dienone is 13. The van der Waals surface area contributed by atoms with Crippen molar-refractivity contribution in [3.8, 4) is 0 Å². The van der Waals surface area contributed by atoms with E-state index in [1.54, 1.807) is 6.08 Å². The van der Waals surface area contributed by atoms with Gasteiger partial charge in [0.05, 0.1) is 33.8 Å². The van der Waals surface area contributed by atoms with Gasteiger partial charge in [0.15, 0.2) is 0 Å². The van der Waals surface area contributed by atoms with Gasteiger partial charge in [-0.2, -0.15) is 0 Å². The number of phosphoric acid groups is 1. The van der Waals surface area contributed by atoms with Crippen LogP contribution in [0.15, 0.2) is 85.1 Å². The number of likely N-dealkylation sites (N-methyl/N-ethyl adjacent to an activating group) is 1. The summed E-state index contributed by atoms with van der Waals surface area (Å²) in [6, 6.07) is -0.922. The predicted octanol–water partition coefficient (Wildman–Crippen LogP) is 15.6. The number of hydrogen-bond acceptors (Lipinski definition) is 7. The zero-order chi connectivity index (χ0) is 50.1. The van der Waals surface area contributed by atoms with Gasteiger partial charge in [0.25, 0.3) is 7.82 Å². The quantitative estimate of drug-likeness (QED) is 0.0212. The van der Waals surface area contributed by atoms with Gasteiger partial charge in [0.2, 0.25) is 5.91 Å². The number of quaternary nitrogens is 1. The summed E-state index contributed by atoms with van der Waals surface area (Å²) in [5, 5.41) is 2.98. The maximum Gasteiger partial charge on any atom is 0.306 e. The Morgan fingerprint density at radius 2 is 0.956 bits per heavy atom. The zero-order valence-corrected chi connectivity index (χ0v) is 45.4. The number of nitrogens with zero attached hydrogens (tertiary/aromatic N) is 1. The van der Waals surface area contributed by atoms with Crippen LogP contribution in [0, 0.1) is 0 Å². The highest BCUT2D eigenvalue weighted by Gasteiger charge is 2.27. The van der Waals surface area contributed by atoms with E-state index in [1.165, 1.54) is 89.9 Å². The number of rotatable bonds is 48. The van der Waals surface area contributed by atoms with Crippen LogP contribution < -0.4 is 10.2 Å². The molecular weight excluding hydrogens is 868 g/mol. The molecule has 392 valence electrons. The Morgan fingerprint density at radius 1 is 0.529 bits per heavy atom. The first kappa shape index (κ1) is 65.2. The van der Waals surface area contributed by atoms with Crippen molar-refractivity contribution in [2.24, 2.45) is 0 Å². The van der Waals surface area contributed by atoms with Crippen LogP contribution in [-0.4, -0.2) is 69.4 Å². The van der Waals surface area contributed by atoms with Crippen LogP contribution in [0.25, 0.3) is 0 Å². The molecule has 0 aliphatic rings. The normalized spacial score (nSPS) is 14.5. The summed E-state index contributed by atoms with van der Waals surface area (Å²) in [5.41, 5.74) is 0. The van der Waals surface area contributed by atoms with Crippen molar-refractivity contribution >= 4 is 19.7 Å². The van der Waals surface area contributed by atoms with Crippen molar-refractivity contribution in [1.29, 1.82) is 0 Å². The molecule has 0 fully saturated rings. The minimum atomic E-state index is -4.71. The fourth-order valence-corrected chi connectivity index (χ4v) is 8.04. The smallest absolute Gasteiger partial charge is 0.306 e. The summed E-state index contributed by atoms with van der Waals surface area (Å²) in [6.07, 6.45) is 61.3. The Kier molecular flexibility index (Phi) is 45.9. The zero-order valence-electron chi connectivity index (χ0n) is 44.5. The first-order valence-electron chi connectivity index (χ1n) is 27.4. The van der Waals surface area contributed by atoms with Crippen LogP contribution in [0.4, 0.5) is 0 Å². The monoisotopic (exact) mass is 971 g/mol. The van der Waals surface area contributed by atoms with Crippen molar-refractivity contribution in [2.45, 2.75) is 232 Å². The fourth-order valence-electron chi connectivity index (χ4n) is 7.31. The molecule has 0 aliphatic heterocycles. The average molecular weight is 971 g/mol. The van der Waals surface area contributed by atoms with Crippen molar-refractivity contribution in [3.05, 3.63) is 85.1 Å². The number of esters is 1. The molecule has 0 aromatic heterocycles. The Morgan fingerprint density at radius 3 is 1.47 bits per heavy atom. The molecule has 0 bridgehead atoms. The Labute approximate surface area is 418 Å². The molecule has 0 heterocycles. The van der Waals surface area contributed by atoms with Crippen molar-refractivity contribution < 1.29 is 37.3 Å². The minimum absolute atomic E-state index is 0.0373. The summed E-state index contributed by atoms with van der Waals surface area (Å²) in [6.45, 7) is 6.63. The highest BCUT2D eigenvalue weighted by Crippen LogP contribution is 2.38. The molecule has 1 N–H and O–H groups in total. The van der Waals surface area contributed by atoms with Gasteiger partial charge in [0, 0.05) is 12.8 Å². The number of unbranched alkanes of at least 4 members (excludes halogenated alkanes) is 20. The summed E-state index contributed by atoms with van der Waals surface area (Å²) >= 11 is 0. The third-order valence-electron chi connectivity index (χ3n) is 11.6. The van der Waals surface area contributed by atoms with Crippen LogP contribution in [0.1, 0.15) is 220 Å². The van der Waals surface area contributed by atoms with E-state index in [1.807, 2.05) is 27.2 Å². The van der Waals surface area contributed by atoms with Gasteiger partial charge in [0.1, 0.15) is 19.3 Å². The summed E-state index contributed by atoms with van der Waals surface area (Å²) < 4.78 is 30.1. The lowest BCUT2D eigenvalue weighted by atomic mass is 10.1. The number of nitrogens with one attached hydrogen (secondary N) is 1. The molecule has 3 atom stereocenters. The Hall–Kier alpha value is -2.81. The maximum absolute atomic E-state index is 13.4. The molecular formula is C58H103N2O7P. The van der Waals surface area contributed by atoms with E-state index in [0.29, 0.717) is 23.9 Å². The third kappa shape index (κ3) is 48.2. The Balaban J connectivity index is 5.47. The van der Waals surface area contributed by atoms with E-state index >= 15 is 0 Å². The van der Waals surface area contributed by atoms with Gasteiger partial charge >= 0.3 is 5.97 Å². The lowest BCUT2D eigenvalue weighted by molar-refractivity contribution is -0.870. The molecule has 9 nitrogen and oxygen atoms in total. The van der Waals surface area contributed by atoms with Gasteiger partial charge < -0.3 is 28.5 Å². The number of carbonyl (C=O) groups is 2. The van der Waals surface area contributed by atoms with E-state index in [4.69, 9.17) is 13.8 Å². The van der Waals surface area contributed by atoms with Gasteiger partial charge in [-0.3, -0.25) is 14.2 Å². The standard InChI is InChI=1S/C58H103N2O7P/c1-7-10-13-16-19-22-25-27-29-30-31-32-35-38-41-44-47-50-57(61)59-55(54-66-68(63,64)65-53-52-60(4,5)6)56(49-46-43-40-37-34-24-21-18-15-12-9-3)67-58(62)51-48-45-42-39-36-33-28-26-23-20-17-14-11-8-2/h11,14,19-20,22-23,27,29,31-32,38,41,46,49,55-56H,7-10,12-13,15-18,21,24-26,28,30,33-37,39-40,42-45,47-48,50-54H2,1-6H3,(H-,59,61,63,64)/b14-11+,22-19-,23-20+,29-27-,32-31-,41-38-,49-46+. The lowest BCUT2D eigenvalue weighted by Crippen LogP contribution is -2.47. The van der Waals surface area contributed by atoms with Crippen molar-refractivity contribution in [2.75, 3.05) is 40.9 Å². The lowest BCUT2D eigenvalue weighted by Gasteiger charge is -2.30. The van der Waals surface area contributed by atoms with Crippen LogP contribution in [0.5, 0.6) is 0 Å². The maximum atomic E-state index is 13.4. The fraction of sp³-hybridized carbons (Fsp3) is 0.724. The highest BCUT2D eigenvalue weighted by atomic mass is 31.2. The molecule has 0 aromatic carbocycles. The average Bonchev–Trinajstić information content (AvgIpc) is 3.29. The van der Waals surface area contributed by atoms with E-state index in [2.05, 4.69) is 99.0 Å². The largest absolute Gasteiger partial charge is 0.756 e. The van der Waals surface area contributed by atoms with Crippen molar-refractivity contribution in [1.82, 2.24) is 5.32 Å². The molecule has 10 heteroatoms. The van der Waals surface area contributed by atoms with Crippen LogP contribution >= 0.6 is 7.82 Å². The number of hydrogen-bond donors (Lipinski definition) is 1. The number of phosphoric ester groups is 1. The van der Waals surface area contributed by atoms with Gasteiger partial charge in [-0.1, -0.05) is 196 Å². The topological polar surface area (TPSA) is 114 Å². The van der Waals surface area contributed by atoms with Gasteiger partial charge in [-0.15, -0.1) is 0 Å². The number of amides is 1. The molecule has 68 heavy (non-hydrogen) atoms. The highest BCUT2D eigenvalue weighted by molar-refractivity contribution is 7.45. The number of carbonyl (C=O) groups excluding carboxylic acids is 2. The van der Waals surface area contributed by atoms with E-state index in [0.717, 1.165) is 83.5 Å². The summed E-state index contributed by atoms with van der Waals surface area (Å²) in [4.78, 5) is 39.7. The van der Waals surface area contributed by atoms with E-state index < -0.39 is 26.6 Å². The van der Waals surface area contributed by atoms with E-state index in [9.17, 15) is 19.0 Å². The molecule has 3 unspecified atom stereocenters. The van der Waals surface area contributed by atoms with Crippen molar-refractivity contribution in [3.63, 3.8) is 0 Å². The van der Waals surface area contributed by atoms with E-state index in [-0.39, 0.29) is 31.3 Å². The van der Waals surface area contributed by atoms with Crippen LogP contribution in [0.2, 0.25) is 0 Å². The predicted molar refractivity (Wildman–Crippen MR) is 288 cm³/mol. The first-order chi connectivity index (χ1) is 32.9. The summed E-state index contributed by atoms with van der Waals surface area (Å²) in [7, 11) is 1.13. The second-order valence-electron chi connectivity index (χ2n) is 19.3. The minimum Gasteiger partial charge on any atom is -0.756 e. The van der Waals surface area contributed by atoms with Gasteiger partial charge in [-0.25, -0.2) is 0 Å². The second-order valence-corrected chi connectivity index (χ2v) is 20.8. The van der Waals surface area contributed by atoms with Gasteiger partial charge in [-0.05, 0) is 96.0 Å². The Bertz CT molecular complexity index is 1440. The molecule has 0 radical (unpaired) electrons. The third-order valence-corrected chi connectivity index (χ3v) is 12.5. The second kappa shape index (κ2) is 47.8. The molecule has 0 saturated heterocycles. The van der Waals surface area contributed by atoms with Crippen LogP contribution in [0.3, 0.4) is 0 Å². The molecule has 0 rings (SSSR count). The SMILES string of the molecule is CC/C=C/C/C=C/CCCCCCCCCC(=O)OC(/C=C/CCCCCCCCCCC)C(COP(=O)([O-])OCC[N+](C)(C)C)NC(=O)CCC/C=C\C/C=C\C/C=C\C/C=C\CCCCC. The number of ether oxygens (including phenoxy) is 1. The molecule has 1 amide bonds. The molecule has 0 aromatic rings. The van der Waals surface area contributed by atoms with Crippen LogP contribution in [-0.2, 0) is 27.9 Å². The summed E-state index contributed by atoms with van der Waals surface area (Å²) in [5.74, 6) is -0.623.